The third-order valence-electron chi connectivity index (χ3n) is 3.29. The lowest BCUT2D eigenvalue weighted by Gasteiger charge is -2.22. The van der Waals surface area contributed by atoms with E-state index in [1.807, 2.05) is 23.9 Å². The van der Waals surface area contributed by atoms with E-state index in [0.717, 1.165) is 19.0 Å². The van der Waals surface area contributed by atoms with E-state index in [0.29, 0.717) is 17.5 Å². The van der Waals surface area contributed by atoms with Gasteiger partial charge in [-0.3, -0.25) is 0 Å². The maximum atomic E-state index is 5.88. The van der Waals surface area contributed by atoms with Crippen molar-refractivity contribution in [2.45, 2.75) is 31.4 Å². The molecular weight excluding hydrogens is 258 g/mol. The fourth-order valence-corrected chi connectivity index (χ4v) is 1.74. The highest BCUT2D eigenvalue weighted by atomic mass is 32.2. The Morgan fingerprint density at radius 3 is 2.84 bits per heavy atom. The van der Waals surface area contributed by atoms with Crippen LogP contribution in [0.1, 0.15) is 26.7 Å². The third kappa shape index (κ3) is 4.49. The van der Waals surface area contributed by atoms with Gasteiger partial charge in [-0.1, -0.05) is 0 Å². The molecular formula is C14H23N3OS. The average molecular weight is 281 g/mol. The van der Waals surface area contributed by atoms with Crippen LogP contribution in [0, 0.1) is 5.92 Å². The number of rotatable bonds is 7. The van der Waals surface area contributed by atoms with Crippen molar-refractivity contribution in [2.75, 3.05) is 30.5 Å². The summed E-state index contributed by atoms with van der Waals surface area (Å²) < 4.78 is 5.86. The van der Waals surface area contributed by atoms with Gasteiger partial charge in [0.05, 0.1) is 12.3 Å². The molecule has 5 heteroatoms. The highest BCUT2D eigenvalue weighted by Gasteiger charge is 2.22. The number of anilines is 2. The van der Waals surface area contributed by atoms with Crippen molar-refractivity contribution in [2.24, 2.45) is 5.92 Å². The predicted molar refractivity (Wildman–Crippen MR) is 83.0 cm³/mol. The monoisotopic (exact) mass is 281 g/mol. The van der Waals surface area contributed by atoms with Crippen LogP contribution in [0.2, 0.25) is 0 Å². The summed E-state index contributed by atoms with van der Waals surface area (Å²) >= 11 is 1.83. The van der Waals surface area contributed by atoms with E-state index < -0.39 is 0 Å². The molecule has 0 saturated heterocycles. The molecule has 1 aromatic heterocycles. The molecule has 0 spiro atoms. The molecule has 1 aliphatic carbocycles. The molecule has 0 radical (unpaired) electrons. The molecule has 106 valence electrons. The molecule has 0 unspecified atom stereocenters. The van der Waals surface area contributed by atoms with Gasteiger partial charge in [0.1, 0.15) is 5.82 Å². The smallest absolute Gasteiger partial charge is 0.239 e. The van der Waals surface area contributed by atoms with Gasteiger partial charge in [0, 0.05) is 11.3 Å². The number of nitrogen functional groups attached to an aromatic ring is 1. The molecule has 0 atom stereocenters. The van der Waals surface area contributed by atoms with E-state index in [1.165, 1.54) is 12.8 Å². The largest absolute Gasteiger partial charge is 0.476 e. The number of nitrogens with one attached hydrogen (secondary N) is 1. The number of nitrogens with two attached hydrogens (primary N) is 1. The maximum absolute atomic E-state index is 5.88. The first-order valence-electron chi connectivity index (χ1n) is 6.68. The van der Waals surface area contributed by atoms with Gasteiger partial charge in [-0.05, 0) is 51.0 Å². The number of nitrogens with zero attached hydrogens (tertiary/aromatic N) is 1. The van der Waals surface area contributed by atoms with Crippen LogP contribution in [0.3, 0.4) is 0 Å². The van der Waals surface area contributed by atoms with Gasteiger partial charge >= 0.3 is 0 Å². The summed E-state index contributed by atoms with van der Waals surface area (Å²) in [5.41, 5.74) is 6.49. The van der Waals surface area contributed by atoms with Crippen LogP contribution in [0.4, 0.5) is 11.5 Å². The topological polar surface area (TPSA) is 60.2 Å². The van der Waals surface area contributed by atoms with Crippen molar-refractivity contribution in [1.82, 2.24) is 4.98 Å². The molecule has 0 aliphatic heterocycles. The number of aromatic nitrogens is 1. The molecule has 1 aromatic rings. The normalized spacial score (nSPS) is 15.3. The van der Waals surface area contributed by atoms with Crippen molar-refractivity contribution < 1.29 is 4.74 Å². The van der Waals surface area contributed by atoms with Gasteiger partial charge < -0.3 is 15.8 Å². The summed E-state index contributed by atoms with van der Waals surface area (Å²) in [5.74, 6) is 2.08. The Morgan fingerprint density at radius 2 is 2.21 bits per heavy atom. The van der Waals surface area contributed by atoms with Crippen LogP contribution in [0.15, 0.2) is 12.1 Å². The number of hydrogen-bond donors (Lipinski definition) is 2. The second kappa shape index (κ2) is 5.90. The zero-order valence-electron chi connectivity index (χ0n) is 11.9. The molecule has 0 amide bonds. The fourth-order valence-electron chi connectivity index (χ4n) is 1.52. The first kappa shape index (κ1) is 14.3. The van der Waals surface area contributed by atoms with E-state index in [1.54, 1.807) is 0 Å². The predicted octanol–water partition coefficient (Wildman–Crippen LogP) is 3.01. The molecule has 3 N–H and O–H groups in total. The van der Waals surface area contributed by atoms with Crippen LogP contribution >= 0.6 is 11.8 Å². The Labute approximate surface area is 119 Å². The molecule has 1 fully saturated rings. The number of hydrogen-bond acceptors (Lipinski definition) is 5. The highest BCUT2D eigenvalue weighted by molar-refractivity contribution is 7.99. The minimum absolute atomic E-state index is 0.179. The van der Waals surface area contributed by atoms with Gasteiger partial charge in [-0.2, -0.15) is 16.7 Å². The summed E-state index contributed by atoms with van der Waals surface area (Å²) in [6.07, 6.45) is 4.64. The van der Waals surface area contributed by atoms with E-state index in [9.17, 15) is 0 Å². The lowest BCUT2D eigenvalue weighted by molar-refractivity contribution is 0.290. The van der Waals surface area contributed by atoms with E-state index in [-0.39, 0.29) is 4.75 Å². The van der Waals surface area contributed by atoms with Gasteiger partial charge in [0.25, 0.3) is 0 Å². The molecule has 0 bridgehead atoms. The van der Waals surface area contributed by atoms with Crippen LogP contribution in [0.25, 0.3) is 0 Å². The van der Waals surface area contributed by atoms with E-state index >= 15 is 0 Å². The van der Waals surface area contributed by atoms with Gasteiger partial charge in [-0.25, -0.2) is 0 Å². The second-order valence-electron chi connectivity index (χ2n) is 5.66. The Morgan fingerprint density at radius 1 is 1.47 bits per heavy atom. The van der Waals surface area contributed by atoms with E-state index in [4.69, 9.17) is 10.5 Å². The molecule has 0 aromatic carbocycles. The second-order valence-corrected chi connectivity index (χ2v) is 7.18. The number of ether oxygens (including phenoxy) is 1. The molecule has 1 aliphatic rings. The minimum Gasteiger partial charge on any atom is -0.476 e. The number of thioether (sulfide) groups is 1. The summed E-state index contributed by atoms with van der Waals surface area (Å²) in [4.78, 5) is 4.44. The molecule has 19 heavy (non-hydrogen) atoms. The summed E-state index contributed by atoms with van der Waals surface area (Å²) in [7, 11) is 0. The summed E-state index contributed by atoms with van der Waals surface area (Å²) in [6, 6.07) is 3.75. The fraction of sp³-hybridized carbons (Fsp3) is 0.643. The summed E-state index contributed by atoms with van der Waals surface area (Å²) in [6.45, 7) is 5.99. The SMILES string of the molecule is CSC(C)(C)CNc1ccc(N)c(OCC2CC2)n1. The third-order valence-corrected chi connectivity index (χ3v) is 4.54. The van der Waals surface area contributed by atoms with Crippen molar-refractivity contribution in [3.05, 3.63) is 12.1 Å². The molecule has 1 saturated carbocycles. The molecule has 2 rings (SSSR count). The molecule has 1 heterocycles. The lowest BCUT2D eigenvalue weighted by atomic mass is 10.2. The lowest BCUT2D eigenvalue weighted by Crippen LogP contribution is -2.26. The van der Waals surface area contributed by atoms with Crippen LogP contribution < -0.4 is 15.8 Å². The zero-order valence-corrected chi connectivity index (χ0v) is 12.7. The van der Waals surface area contributed by atoms with Crippen molar-refractivity contribution >= 4 is 23.3 Å². The minimum atomic E-state index is 0.179. The standard InChI is InChI=1S/C14H23N3OS/c1-14(2,19-3)9-16-12-7-6-11(15)13(17-12)18-8-10-4-5-10/h6-7,10H,4-5,8-9,15H2,1-3H3,(H,16,17). The van der Waals surface area contributed by atoms with Crippen LogP contribution in [0.5, 0.6) is 5.88 Å². The van der Waals surface area contributed by atoms with Gasteiger partial charge in [0.2, 0.25) is 5.88 Å². The Bertz CT molecular complexity index is 433. The number of pyridine rings is 1. The highest BCUT2D eigenvalue weighted by Crippen LogP contribution is 2.31. The Hall–Kier alpha value is -1.10. The van der Waals surface area contributed by atoms with Gasteiger partial charge in [0.15, 0.2) is 0 Å². The quantitative estimate of drug-likeness (QED) is 0.804. The van der Waals surface area contributed by atoms with Crippen molar-refractivity contribution in [1.29, 1.82) is 0 Å². The first-order chi connectivity index (χ1) is 9.00. The maximum Gasteiger partial charge on any atom is 0.239 e. The van der Waals surface area contributed by atoms with Gasteiger partial charge in [-0.15, -0.1) is 0 Å². The van der Waals surface area contributed by atoms with Crippen LogP contribution in [-0.4, -0.2) is 29.1 Å². The van der Waals surface area contributed by atoms with Crippen LogP contribution in [-0.2, 0) is 0 Å². The van der Waals surface area contributed by atoms with Crippen molar-refractivity contribution in [3.63, 3.8) is 0 Å². The Kier molecular flexibility index (Phi) is 4.45. The Balaban J connectivity index is 1.94. The van der Waals surface area contributed by atoms with Crippen molar-refractivity contribution in [3.8, 4) is 5.88 Å². The average Bonchev–Trinajstić information content (AvgIpc) is 3.20. The molecule has 4 nitrogen and oxygen atoms in total. The zero-order chi connectivity index (χ0) is 13.9. The summed E-state index contributed by atoms with van der Waals surface area (Å²) in [5, 5.41) is 3.34. The first-order valence-corrected chi connectivity index (χ1v) is 7.91. The van der Waals surface area contributed by atoms with E-state index in [2.05, 4.69) is 30.4 Å².